The zero-order chi connectivity index (χ0) is 18.1. The second-order valence-electron chi connectivity index (χ2n) is 5.70. The number of rotatable bonds is 6. The van der Waals surface area contributed by atoms with Crippen LogP contribution in [0, 0.1) is 0 Å². The third-order valence-corrected chi connectivity index (χ3v) is 3.95. The lowest BCUT2D eigenvalue weighted by molar-refractivity contribution is -0.0511. The predicted molar refractivity (Wildman–Crippen MR) is 84.3 cm³/mol. The molecule has 0 aromatic carbocycles. The maximum absolute atomic E-state index is 10.2. The average Bonchev–Trinajstić information content (AvgIpc) is 3.15. The van der Waals surface area contributed by atoms with Gasteiger partial charge in [0.1, 0.15) is 23.8 Å². The van der Waals surface area contributed by atoms with Crippen molar-refractivity contribution < 1.29 is 30.3 Å². The Balaban J connectivity index is 1.93. The van der Waals surface area contributed by atoms with E-state index in [1.54, 1.807) is 0 Å². The lowest BCUT2D eigenvalue weighted by Gasteiger charge is -2.17. The van der Waals surface area contributed by atoms with E-state index in [-0.39, 0.29) is 29.5 Å². The van der Waals surface area contributed by atoms with Crippen LogP contribution in [0.3, 0.4) is 0 Å². The summed E-state index contributed by atoms with van der Waals surface area (Å²) in [6.07, 6.45) is -4.16. The van der Waals surface area contributed by atoms with Crippen molar-refractivity contribution >= 4 is 22.9 Å². The molecule has 5 atom stereocenters. The summed E-state index contributed by atoms with van der Waals surface area (Å²) in [6, 6.07) is 0. The molecule has 3 heterocycles. The molecule has 12 nitrogen and oxygen atoms in total. The highest BCUT2D eigenvalue weighted by Gasteiger charge is 2.44. The number of imidazole rings is 1. The van der Waals surface area contributed by atoms with Crippen LogP contribution < -0.4 is 11.1 Å². The number of nitrogens with two attached hydrogens (primary N) is 1. The molecule has 138 valence electrons. The standard InChI is InChI=1S/C13H20N6O6/c14-10-7-11(18-13(17-10)15-1-5(22)2-20)19(4-16-7)12-9(24)8(23)6(3-21)25-12/h4-6,8-9,12,20-24H,1-3H2,(H3,14,15,17,18)/t5?,6-,8-,9-,12?/m1/s1. The summed E-state index contributed by atoms with van der Waals surface area (Å²) in [5, 5.41) is 50.2. The Morgan fingerprint density at radius 3 is 2.68 bits per heavy atom. The molecule has 1 saturated heterocycles. The lowest BCUT2D eigenvalue weighted by atomic mass is 10.1. The number of ether oxygens (including phenoxy) is 1. The normalized spacial score (nSPS) is 27.7. The minimum atomic E-state index is -1.29. The fourth-order valence-electron chi connectivity index (χ4n) is 2.59. The number of aromatic nitrogens is 4. The first-order valence-electron chi connectivity index (χ1n) is 7.61. The maximum atomic E-state index is 10.2. The number of aliphatic hydroxyl groups excluding tert-OH is 5. The summed E-state index contributed by atoms with van der Waals surface area (Å²) in [4.78, 5) is 12.3. The van der Waals surface area contributed by atoms with Gasteiger partial charge in [-0.1, -0.05) is 0 Å². The minimum Gasteiger partial charge on any atom is -0.394 e. The smallest absolute Gasteiger partial charge is 0.226 e. The van der Waals surface area contributed by atoms with E-state index in [2.05, 4.69) is 20.3 Å². The lowest BCUT2D eigenvalue weighted by Crippen LogP contribution is -2.33. The fourth-order valence-corrected chi connectivity index (χ4v) is 2.59. The van der Waals surface area contributed by atoms with E-state index < -0.39 is 43.9 Å². The molecule has 0 bridgehead atoms. The van der Waals surface area contributed by atoms with E-state index in [1.807, 2.05) is 0 Å². The van der Waals surface area contributed by atoms with Crippen molar-refractivity contribution in [3.05, 3.63) is 6.33 Å². The number of hydrogen-bond donors (Lipinski definition) is 7. The molecule has 2 unspecified atom stereocenters. The molecule has 0 saturated carbocycles. The fraction of sp³-hybridized carbons (Fsp3) is 0.615. The van der Waals surface area contributed by atoms with E-state index in [0.717, 1.165) is 0 Å². The van der Waals surface area contributed by atoms with Crippen LogP contribution in [0.4, 0.5) is 11.8 Å². The Hall–Kier alpha value is -2.09. The zero-order valence-corrected chi connectivity index (χ0v) is 13.1. The number of nitrogens with one attached hydrogen (secondary N) is 1. The first kappa shape index (κ1) is 17.7. The second-order valence-corrected chi connectivity index (χ2v) is 5.70. The molecule has 0 radical (unpaired) electrons. The molecular weight excluding hydrogens is 336 g/mol. The van der Waals surface area contributed by atoms with Crippen LogP contribution in [-0.4, -0.2) is 89.2 Å². The molecule has 0 amide bonds. The Labute approximate surface area is 141 Å². The highest BCUT2D eigenvalue weighted by molar-refractivity contribution is 5.83. The molecular formula is C13H20N6O6. The van der Waals surface area contributed by atoms with Gasteiger partial charge in [0.2, 0.25) is 5.95 Å². The molecule has 1 aliphatic rings. The molecule has 1 aliphatic heterocycles. The largest absolute Gasteiger partial charge is 0.394 e. The van der Waals surface area contributed by atoms with Crippen molar-refractivity contribution in [2.45, 2.75) is 30.6 Å². The van der Waals surface area contributed by atoms with Crippen LogP contribution in [-0.2, 0) is 4.74 Å². The second kappa shape index (κ2) is 7.03. The van der Waals surface area contributed by atoms with Crippen LogP contribution in [0.5, 0.6) is 0 Å². The van der Waals surface area contributed by atoms with E-state index in [4.69, 9.17) is 15.6 Å². The van der Waals surface area contributed by atoms with Gasteiger partial charge in [-0.25, -0.2) is 4.98 Å². The Morgan fingerprint density at radius 2 is 2.04 bits per heavy atom. The van der Waals surface area contributed by atoms with E-state index in [0.29, 0.717) is 0 Å². The first-order chi connectivity index (χ1) is 12.0. The molecule has 2 aromatic rings. The minimum absolute atomic E-state index is 0.00341. The van der Waals surface area contributed by atoms with Gasteiger partial charge in [0, 0.05) is 6.54 Å². The van der Waals surface area contributed by atoms with Gasteiger partial charge in [0.05, 0.1) is 25.6 Å². The predicted octanol–water partition coefficient (Wildman–Crippen LogP) is -3.21. The van der Waals surface area contributed by atoms with Crippen molar-refractivity contribution in [3.63, 3.8) is 0 Å². The summed E-state index contributed by atoms with van der Waals surface area (Å²) >= 11 is 0. The Morgan fingerprint density at radius 1 is 1.28 bits per heavy atom. The van der Waals surface area contributed by atoms with E-state index in [9.17, 15) is 20.4 Å². The van der Waals surface area contributed by atoms with Crippen molar-refractivity contribution in [1.82, 2.24) is 19.5 Å². The van der Waals surface area contributed by atoms with Crippen LogP contribution in [0.2, 0.25) is 0 Å². The number of aliphatic hydroxyl groups is 5. The third kappa shape index (κ3) is 3.22. The van der Waals surface area contributed by atoms with Crippen LogP contribution in [0.15, 0.2) is 6.33 Å². The van der Waals surface area contributed by atoms with E-state index >= 15 is 0 Å². The molecule has 0 spiro atoms. The number of nitrogen functional groups attached to an aromatic ring is 1. The quantitative estimate of drug-likeness (QED) is 0.275. The maximum Gasteiger partial charge on any atom is 0.226 e. The van der Waals surface area contributed by atoms with Gasteiger partial charge in [0.25, 0.3) is 0 Å². The summed E-state index contributed by atoms with van der Waals surface area (Å²) < 4.78 is 6.84. The number of hydrogen-bond acceptors (Lipinski definition) is 11. The van der Waals surface area contributed by atoms with Gasteiger partial charge < -0.3 is 41.3 Å². The molecule has 8 N–H and O–H groups in total. The zero-order valence-electron chi connectivity index (χ0n) is 13.1. The van der Waals surface area contributed by atoms with Crippen LogP contribution in [0.1, 0.15) is 6.23 Å². The van der Waals surface area contributed by atoms with Crippen molar-refractivity contribution in [2.24, 2.45) is 0 Å². The third-order valence-electron chi connectivity index (χ3n) is 3.95. The van der Waals surface area contributed by atoms with Crippen LogP contribution in [0.25, 0.3) is 11.2 Å². The Kier molecular flexibility index (Phi) is 4.99. The molecule has 2 aromatic heterocycles. The van der Waals surface area contributed by atoms with Crippen molar-refractivity contribution in [2.75, 3.05) is 30.8 Å². The van der Waals surface area contributed by atoms with Gasteiger partial charge in [-0.15, -0.1) is 0 Å². The summed E-state index contributed by atoms with van der Waals surface area (Å²) in [7, 11) is 0. The van der Waals surface area contributed by atoms with Gasteiger partial charge in [0.15, 0.2) is 17.7 Å². The Bertz CT molecular complexity index is 741. The molecule has 0 aliphatic carbocycles. The number of fused-ring (bicyclic) bond motifs is 1. The first-order valence-corrected chi connectivity index (χ1v) is 7.61. The van der Waals surface area contributed by atoms with Crippen molar-refractivity contribution in [1.29, 1.82) is 0 Å². The average molecular weight is 356 g/mol. The SMILES string of the molecule is Nc1nc(NCC(O)CO)nc2c1ncn2C1O[C@H](CO)[C@@H](O)[C@H]1O. The van der Waals surface area contributed by atoms with Crippen LogP contribution >= 0.6 is 0 Å². The number of nitrogens with zero attached hydrogens (tertiary/aromatic N) is 4. The van der Waals surface area contributed by atoms with E-state index in [1.165, 1.54) is 10.9 Å². The van der Waals surface area contributed by atoms with Gasteiger partial charge in [-0.05, 0) is 0 Å². The summed E-state index contributed by atoms with van der Waals surface area (Å²) in [5.41, 5.74) is 6.36. The summed E-state index contributed by atoms with van der Waals surface area (Å²) in [6.45, 7) is -0.876. The highest BCUT2D eigenvalue weighted by Crippen LogP contribution is 2.32. The van der Waals surface area contributed by atoms with Gasteiger partial charge in [-0.2, -0.15) is 9.97 Å². The number of anilines is 2. The monoisotopic (exact) mass is 356 g/mol. The molecule has 25 heavy (non-hydrogen) atoms. The molecule has 12 heteroatoms. The molecule has 1 fully saturated rings. The van der Waals surface area contributed by atoms with Gasteiger partial charge in [-0.3, -0.25) is 4.57 Å². The molecule has 3 rings (SSSR count). The topological polar surface area (TPSA) is 192 Å². The van der Waals surface area contributed by atoms with Crippen molar-refractivity contribution in [3.8, 4) is 0 Å². The summed E-state index contributed by atoms with van der Waals surface area (Å²) in [5.74, 6) is 0.155. The van der Waals surface area contributed by atoms with Gasteiger partial charge >= 0.3 is 0 Å². The highest BCUT2D eigenvalue weighted by atomic mass is 16.6.